The van der Waals surface area contributed by atoms with E-state index in [-0.39, 0.29) is 17.8 Å². The van der Waals surface area contributed by atoms with Crippen molar-refractivity contribution in [1.82, 2.24) is 0 Å². The van der Waals surface area contributed by atoms with Gasteiger partial charge in [0.05, 0.1) is 5.56 Å². The minimum Gasteiger partial charge on any atom is -0.454 e. The molecular weight excluding hydrogens is 312 g/mol. The average molecular weight is 333 g/mol. The normalized spacial score (nSPS) is 34.4. The highest BCUT2D eigenvalue weighted by Crippen LogP contribution is 2.60. The van der Waals surface area contributed by atoms with E-state index >= 15 is 0 Å². The summed E-state index contributed by atoms with van der Waals surface area (Å²) in [6.07, 6.45) is 6.92. The molecule has 4 heteroatoms. The van der Waals surface area contributed by atoms with E-state index in [1.807, 2.05) is 0 Å². The van der Waals surface area contributed by atoms with E-state index < -0.39 is 5.97 Å². The number of carbonyl (C=O) groups is 2. The summed E-state index contributed by atoms with van der Waals surface area (Å²) < 4.78 is 5.29. The molecule has 0 unspecified atom stereocenters. The van der Waals surface area contributed by atoms with E-state index in [4.69, 9.17) is 16.3 Å². The Hall–Kier alpha value is -1.35. The van der Waals surface area contributed by atoms with Crippen molar-refractivity contribution >= 4 is 23.4 Å². The van der Waals surface area contributed by atoms with Crippen LogP contribution in [0.25, 0.3) is 0 Å². The molecule has 4 aliphatic rings. The van der Waals surface area contributed by atoms with Crippen LogP contribution in [0.15, 0.2) is 24.3 Å². The Morgan fingerprint density at radius 3 is 2.26 bits per heavy atom. The fraction of sp³-hybridized carbons (Fsp3) is 0.579. The Morgan fingerprint density at radius 2 is 1.70 bits per heavy atom. The Labute approximate surface area is 141 Å². The van der Waals surface area contributed by atoms with Crippen molar-refractivity contribution in [3.63, 3.8) is 0 Å². The molecule has 0 atom stereocenters. The highest BCUT2D eigenvalue weighted by Gasteiger charge is 2.54. The van der Waals surface area contributed by atoms with Crippen LogP contribution in [0.1, 0.15) is 48.9 Å². The molecule has 0 heterocycles. The first kappa shape index (κ1) is 15.2. The number of halogens is 1. The Morgan fingerprint density at radius 1 is 1.09 bits per heavy atom. The fourth-order valence-corrected chi connectivity index (χ4v) is 5.63. The highest BCUT2D eigenvalue weighted by molar-refractivity contribution is 6.30. The average Bonchev–Trinajstić information content (AvgIpc) is 2.51. The molecule has 3 nitrogen and oxygen atoms in total. The van der Waals surface area contributed by atoms with Crippen molar-refractivity contribution in [3.05, 3.63) is 34.9 Å². The standard InChI is InChI=1S/C19H21ClO3/c20-16-3-1-2-15(7-16)18(22)23-11-17(21)19-8-12-4-13(9-19)6-14(5-12)10-19/h1-3,7,12-14H,4-6,8-11H2. The molecule has 0 saturated heterocycles. The molecule has 1 aromatic carbocycles. The zero-order chi connectivity index (χ0) is 16.0. The molecule has 0 amide bonds. The van der Waals surface area contributed by atoms with Gasteiger partial charge in [0.25, 0.3) is 0 Å². The van der Waals surface area contributed by atoms with Crippen LogP contribution in [0.5, 0.6) is 0 Å². The van der Waals surface area contributed by atoms with Crippen LogP contribution in [-0.4, -0.2) is 18.4 Å². The first-order chi connectivity index (χ1) is 11.0. The predicted molar refractivity (Wildman–Crippen MR) is 87.3 cm³/mol. The number of Topliss-reactive ketones (excluding diaryl/α,β-unsaturated/α-hetero) is 1. The third-order valence-electron chi connectivity index (χ3n) is 6.02. The smallest absolute Gasteiger partial charge is 0.338 e. The van der Waals surface area contributed by atoms with E-state index in [2.05, 4.69) is 0 Å². The molecule has 4 bridgehead atoms. The van der Waals surface area contributed by atoms with Gasteiger partial charge in [-0.15, -0.1) is 0 Å². The summed E-state index contributed by atoms with van der Waals surface area (Å²) in [7, 11) is 0. The Bertz CT molecular complexity index is 616. The van der Waals surface area contributed by atoms with Crippen molar-refractivity contribution < 1.29 is 14.3 Å². The number of hydrogen-bond donors (Lipinski definition) is 0. The van der Waals surface area contributed by atoms with Gasteiger partial charge in [0.15, 0.2) is 12.4 Å². The van der Waals surface area contributed by atoms with Crippen LogP contribution in [0.3, 0.4) is 0 Å². The van der Waals surface area contributed by atoms with E-state index in [1.165, 1.54) is 19.3 Å². The number of rotatable bonds is 4. The molecule has 0 aromatic heterocycles. The number of ether oxygens (including phenoxy) is 1. The van der Waals surface area contributed by atoms with Gasteiger partial charge in [0, 0.05) is 10.4 Å². The molecule has 4 saturated carbocycles. The lowest BCUT2D eigenvalue weighted by Gasteiger charge is -2.55. The van der Waals surface area contributed by atoms with Crippen LogP contribution < -0.4 is 0 Å². The van der Waals surface area contributed by atoms with E-state index in [9.17, 15) is 9.59 Å². The van der Waals surface area contributed by atoms with E-state index in [0.29, 0.717) is 28.3 Å². The van der Waals surface area contributed by atoms with Gasteiger partial charge in [-0.05, 0) is 74.5 Å². The molecule has 0 aliphatic heterocycles. The number of benzene rings is 1. The van der Waals surface area contributed by atoms with Crippen LogP contribution in [0.4, 0.5) is 0 Å². The summed E-state index contributed by atoms with van der Waals surface area (Å²) in [6, 6.07) is 6.64. The van der Waals surface area contributed by atoms with Crippen LogP contribution >= 0.6 is 11.6 Å². The van der Waals surface area contributed by atoms with Crippen molar-refractivity contribution in [3.8, 4) is 0 Å². The summed E-state index contributed by atoms with van der Waals surface area (Å²) >= 11 is 5.89. The molecule has 4 fully saturated rings. The summed E-state index contributed by atoms with van der Waals surface area (Å²) in [4.78, 5) is 24.9. The Balaban J connectivity index is 1.41. The largest absolute Gasteiger partial charge is 0.454 e. The number of hydrogen-bond acceptors (Lipinski definition) is 3. The summed E-state index contributed by atoms with van der Waals surface area (Å²) in [5.41, 5.74) is 0.194. The molecule has 0 radical (unpaired) electrons. The second-order valence-electron chi connectivity index (χ2n) is 7.71. The molecule has 23 heavy (non-hydrogen) atoms. The summed E-state index contributed by atoms with van der Waals surface area (Å²) in [6.45, 7) is -0.0997. The number of carbonyl (C=O) groups excluding carboxylic acids is 2. The SMILES string of the molecule is O=C(OCC(=O)C12CC3CC(CC(C3)C1)C2)c1cccc(Cl)c1. The molecule has 4 aliphatic carbocycles. The van der Waals surface area contributed by atoms with Gasteiger partial charge in [-0.1, -0.05) is 17.7 Å². The van der Waals surface area contributed by atoms with Gasteiger partial charge in [0.1, 0.15) is 0 Å². The van der Waals surface area contributed by atoms with E-state index in [1.54, 1.807) is 24.3 Å². The zero-order valence-corrected chi connectivity index (χ0v) is 13.8. The maximum atomic E-state index is 12.8. The topological polar surface area (TPSA) is 43.4 Å². The van der Waals surface area contributed by atoms with Gasteiger partial charge < -0.3 is 4.74 Å². The maximum absolute atomic E-state index is 12.8. The predicted octanol–water partition coefficient (Wildman–Crippen LogP) is 4.28. The van der Waals surface area contributed by atoms with Crippen molar-refractivity contribution in [2.24, 2.45) is 23.2 Å². The molecule has 1 aromatic rings. The second-order valence-corrected chi connectivity index (χ2v) is 8.14. The molecule has 5 rings (SSSR count). The quantitative estimate of drug-likeness (QED) is 0.773. The first-order valence-electron chi connectivity index (χ1n) is 8.50. The first-order valence-corrected chi connectivity index (χ1v) is 8.88. The summed E-state index contributed by atoms with van der Waals surface area (Å²) in [5.74, 6) is 1.81. The molecular formula is C19H21ClO3. The molecule has 122 valence electrons. The van der Waals surface area contributed by atoms with Crippen LogP contribution in [-0.2, 0) is 9.53 Å². The van der Waals surface area contributed by atoms with Gasteiger partial charge in [-0.25, -0.2) is 4.79 Å². The Kier molecular flexibility index (Phi) is 3.72. The van der Waals surface area contributed by atoms with E-state index in [0.717, 1.165) is 19.3 Å². The second kappa shape index (κ2) is 5.62. The van der Waals surface area contributed by atoms with Crippen LogP contribution in [0, 0.1) is 23.2 Å². The third-order valence-corrected chi connectivity index (χ3v) is 6.26. The minimum atomic E-state index is -0.467. The minimum absolute atomic E-state index is 0.0997. The van der Waals surface area contributed by atoms with Gasteiger partial charge in [-0.2, -0.15) is 0 Å². The fourth-order valence-electron chi connectivity index (χ4n) is 5.44. The lowest BCUT2D eigenvalue weighted by Crippen LogP contribution is -2.51. The van der Waals surface area contributed by atoms with Crippen LogP contribution in [0.2, 0.25) is 5.02 Å². The number of esters is 1. The lowest BCUT2D eigenvalue weighted by molar-refractivity contribution is -0.147. The highest BCUT2D eigenvalue weighted by atomic mass is 35.5. The van der Waals surface area contributed by atoms with Gasteiger partial charge in [-0.3, -0.25) is 4.79 Å². The number of ketones is 1. The zero-order valence-electron chi connectivity index (χ0n) is 13.1. The van der Waals surface area contributed by atoms with Gasteiger partial charge in [0.2, 0.25) is 0 Å². The molecule has 0 N–H and O–H groups in total. The van der Waals surface area contributed by atoms with Crippen molar-refractivity contribution in [2.45, 2.75) is 38.5 Å². The maximum Gasteiger partial charge on any atom is 0.338 e. The monoisotopic (exact) mass is 332 g/mol. The van der Waals surface area contributed by atoms with Crippen molar-refractivity contribution in [2.75, 3.05) is 6.61 Å². The third kappa shape index (κ3) is 2.80. The van der Waals surface area contributed by atoms with Gasteiger partial charge >= 0.3 is 5.97 Å². The van der Waals surface area contributed by atoms with Crippen molar-refractivity contribution in [1.29, 1.82) is 0 Å². The lowest BCUT2D eigenvalue weighted by atomic mass is 9.48. The molecule has 0 spiro atoms. The summed E-state index contributed by atoms with van der Waals surface area (Å²) in [5, 5.41) is 0.492.